The van der Waals surface area contributed by atoms with Crippen LogP contribution in [0.3, 0.4) is 0 Å². The molecule has 2 aliphatic heterocycles. The number of H-pyrrole nitrogens is 2. The number of nitrogens with zero attached hydrogens (tertiary/aromatic N) is 2. The maximum absolute atomic E-state index is 16.7. The highest BCUT2D eigenvalue weighted by atomic mass is 31.2. The van der Waals surface area contributed by atoms with Gasteiger partial charge in [-0.25, -0.2) is 28.4 Å². The molecule has 8 rings (SSSR count). The second-order valence-electron chi connectivity index (χ2n) is 19.5. The first kappa shape index (κ1) is 55.2. The zero-order valence-electron chi connectivity index (χ0n) is 41.8. The molecule has 400 valence electrons. The highest BCUT2D eigenvalue weighted by Gasteiger charge is 2.57. The number of nitrogens with two attached hydrogens (primary N) is 1. The van der Waals surface area contributed by atoms with Crippen LogP contribution in [0.4, 0.5) is 8.78 Å². The molecule has 4 heterocycles. The Kier molecular flexibility index (Phi) is 17.3. The number of hydrogen-bond acceptors (Lipinski definition) is 13. The van der Waals surface area contributed by atoms with Crippen LogP contribution in [0.1, 0.15) is 84.4 Å². The number of aliphatic hydroxyl groups is 2. The van der Waals surface area contributed by atoms with Gasteiger partial charge in [0.2, 0.25) is 0 Å². The minimum atomic E-state index is -4.88. The van der Waals surface area contributed by atoms with Crippen LogP contribution in [0.15, 0.2) is 153 Å². The van der Waals surface area contributed by atoms with E-state index in [9.17, 15) is 29.4 Å². The molecular formula is C54H62F2N5O13P. The van der Waals surface area contributed by atoms with Crippen molar-refractivity contribution < 1.29 is 51.6 Å². The SMILES string of the molecule is Cc1ccccc1COCC(OP(N)(=O)OC(COCc1ccccc1C)[C@@H](C[C@H]1O[C@@H](n2ccc(=O)[nH]c2=O)[C@](C)(F)[C@@H]1O)c1ccccc1)[C@@H](C[C@H]1O[C@@H](n2ccc(=O)[nH]c2=O)[C@](C)(F)[C@@H]1O)c1ccccc1. The summed E-state index contributed by atoms with van der Waals surface area (Å²) in [6.45, 7) is 5.54. The lowest BCUT2D eigenvalue weighted by atomic mass is 9.85. The largest absolute Gasteiger partial charge is 0.403 e. The summed E-state index contributed by atoms with van der Waals surface area (Å²) >= 11 is 0. The van der Waals surface area contributed by atoms with Gasteiger partial charge in [-0.15, -0.1) is 0 Å². The van der Waals surface area contributed by atoms with Crippen molar-refractivity contribution in [2.45, 2.75) is 126 Å². The summed E-state index contributed by atoms with van der Waals surface area (Å²) in [5.41, 5.74) is 2.91. The zero-order valence-corrected chi connectivity index (χ0v) is 42.7. The Bertz CT molecular complexity index is 2970. The fourth-order valence-corrected chi connectivity index (χ4v) is 11.1. The van der Waals surface area contributed by atoms with Gasteiger partial charge in [-0.2, -0.15) is 0 Å². The molecule has 18 nitrogen and oxygen atoms in total. The average molecular weight is 1060 g/mol. The van der Waals surface area contributed by atoms with Gasteiger partial charge in [0.05, 0.1) is 50.8 Å². The molecule has 2 aliphatic rings. The van der Waals surface area contributed by atoms with E-state index in [0.29, 0.717) is 11.1 Å². The van der Waals surface area contributed by atoms with E-state index >= 15 is 13.3 Å². The number of alkyl halides is 2. The van der Waals surface area contributed by atoms with E-state index in [-0.39, 0.29) is 39.3 Å². The first-order valence-electron chi connectivity index (χ1n) is 24.5. The van der Waals surface area contributed by atoms with Gasteiger partial charge in [-0.3, -0.25) is 37.7 Å². The summed E-state index contributed by atoms with van der Waals surface area (Å²) in [6, 6.07) is 34.6. The lowest BCUT2D eigenvalue weighted by Crippen LogP contribution is -2.43. The van der Waals surface area contributed by atoms with E-state index in [2.05, 4.69) is 9.97 Å². The number of ether oxygens (including phenoxy) is 4. The molecule has 6 aromatic rings. The maximum Gasteiger partial charge on any atom is 0.403 e. The fraction of sp³-hybridized carbons (Fsp3) is 0.407. The smallest absolute Gasteiger partial charge is 0.387 e. The highest BCUT2D eigenvalue weighted by Crippen LogP contribution is 2.51. The number of nitrogens with one attached hydrogen (secondary N) is 2. The predicted octanol–water partition coefficient (Wildman–Crippen LogP) is 6.30. The number of aliphatic hydroxyl groups excluding tert-OH is 2. The minimum absolute atomic E-state index is 0.0704. The Balaban J connectivity index is 1.15. The van der Waals surface area contributed by atoms with Crippen molar-refractivity contribution in [3.63, 3.8) is 0 Å². The molecule has 75 heavy (non-hydrogen) atoms. The van der Waals surface area contributed by atoms with Gasteiger partial charge in [0.25, 0.3) is 11.1 Å². The maximum atomic E-state index is 16.7. The Morgan fingerprint density at radius 2 is 0.973 bits per heavy atom. The molecular weight excluding hydrogens is 996 g/mol. The normalized spacial score (nSPS) is 26.1. The molecule has 0 saturated carbocycles. The van der Waals surface area contributed by atoms with Gasteiger partial charge < -0.3 is 29.2 Å². The first-order valence-corrected chi connectivity index (χ1v) is 26.1. The van der Waals surface area contributed by atoms with E-state index in [4.69, 9.17) is 33.5 Å². The third-order valence-corrected chi connectivity index (χ3v) is 15.3. The Morgan fingerprint density at radius 3 is 1.33 bits per heavy atom. The molecule has 0 radical (unpaired) electrons. The molecule has 2 saturated heterocycles. The molecule has 12 atom stereocenters. The Hall–Kier alpha value is -6.03. The van der Waals surface area contributed by atoms with Crippen molar-refractivity contribution in [2.75, 3.05) is 13.2 Å². The van der Waals surface area contributed by atoms with Crippen LogP contribution in [0.2, 0.25) is 0 Å². The number of halogens is 2. The van der Waals surface area contributed by atoms with Crippen LogP contribution in [0.5, 0.6) is 0 Å². The van der Waals surface area contributed by atoms with Crippen molar-refractivity contribution in [1.29, 1.82) is 0 Å². The summed E-state index contributed by atoms with van der Waals surface area (Å²) in [5, 5.41) is 23.3. The number of aromatic amines is 2. The summed E-state index contributed by atoms with van der Waals surface area (Å²) in [5.74, 6) is -1.88. The van der Waals surface area contributed by atoms with Crippen molar-refractivity contribution in [3.8, 4) is 0 Å². The molecule has 4 aromatic carbocycles. The van der Waals surface area contributed by atoms with E-state index in [1.54, 1.807) is 60.7 Å². The van der Waals surface area contributed by atoms with Crippen LogP contribution in [-0.2, 0) is 45.8 Å². The molecule has 2 aromatic heterocycles. The number of aromatic nitrogens is 4. The summed E-state index contributed by atoms with van der Waals surface area (Å²) < 4.78 is 88.4. The van der Waals surface area contributed by atoms with Crippen molar-refractivity contribution in [3.05, 3.63) is 209 Å². The van der Waals surface area contributed by atoms with E-state index in [1.807, 2.05) is 62.4 Å². The lowest BCUT2D eigenvalue weighted by Gasteiger charge is -2.35. The molecule has 21 heteroatoms. The van der Waals surface area contributed by atoms with Crippen molar-refractivity contribution in [2.24, 2.45) is 5.50 Å². The number of hydrogen-bond donors (Lipinski definition) is 5. The minimum Gasteiger partial charge on any atom is -0.387 e. The van der Waals surface area contributed by atoms with Gasteiger partial charge in [-0.05, 0) is 73.9 Å². The third-order valence-electron chi connectivity index (χ3n) is 14.1. The van der Waals surface area contributed by atoms with Gasteiger partial charge in [-0.1, -0.05) is 109 Å². The van der Waals surface area contributed by atoms with Crippen LogP contribution in [0.25, 0.3) is 0 Å². The van der Waals surface area contributed by atoms with Gasteiger partial charge in [0.15, 0.2) is 23.8 Å². The molecule has 0 spiro atoms. The quantitative estimate of drug-likeness (QED) is 0.0469. The monoisotopic (exact) mass is 1060 g/mol. The molecule has 6 N–H and O–H groups in total. The fourth-order valence-electron chi connectivity index (χ4n) is 9.90. The summed E-state index contributed by atoms with van der Waals surface area (Å²) in [7, 11) is -4.88. The van der Waals surface area contributed by atoms with Crippen LogP contribution >= 0.6 is 7.75 Å². The highest BCUT2D eigenvalue weighted by molar-refractivity contribution is 7.51. The molecule has 0 amide bonds. The van der Waals surface area contributed by atoms with Gasteiger partial charge >= 0.3 is 19.1 Å². The van der Waals surface area contributed by atoms with E-state index in [1.165, 1.54) is 0 Å². The summed E-state index contributed by atoms with van der Waals surface area (Å²) in [4.78, 5) is 53.9. The van der Waals surface area contributed by atoms with E-state index in [0.717, 1.165) is 69.8 Å². The zero-order chi connectivity index (χ0) is 53.7. The number of aryl methyl sites for hydroxylation is 2. The lowest BCUT2D eigenvalue weighted by molar-refractivity contribution is -0.0614. The second kappa shape index (κ2) is 23.5. The molecule has 2 unspecified atom stereocenters. The predicted molar refractivity (Wildman–Crippen MR) is 272 cm³/mol. The molecule has 0 bridgehead atoms. The van der Waals surface area contributed by atoms with Gasteiger partial charge in [0, 0.05) is 36.4 Å². The van der Waals surface area contributed by atoms with Crippen molar-refractivity contribution in [1.82, 2.24) is 19.1 Å². The first-order chi connectivity index (χ1) is 35.7. The van der Waals surface area contributed by atoms with Crippen LogP contribution in [0, 0.1) is 13.8 Å². The molecule has 2 fully saturated rings. The topological polar surface area (TPSA) is 249 Å². The van der Waals surface area contributed by atoms with Gasteiger partial charge in [0.1, 0.15) is 12.2 Å². The standard InChI is InChI=1S/C54H62F2N5O13P/c1-33-15-11-13-21-37(33)29-69-31-43(39(35-17-7-5-8-18-35)27-41-47(64)53(3,55)49(71-41)60-25-23-45(62)58-51(60)66)73-75(57,68)74-44(32-70-30-38-22-14-12-16-34(38)2)40(36-19-9-6-10-20-36)28-42-48(65)54(4,56)50(72-42)61-26-24-46(63)59-52(61)67/h5-26,39-44,47-50,64-65H,27-32H2,1-4H3,(H2,57,68)(H,58,62,66)(H,59,63,67)/t39-,40-,41+,42+,43?,44?,47+,48+,49+,50+,53+,54+,75?/m0/s1. The Labute approximate surface area is 430 Å². The van der Waals surface area contributed by atoms with E-state index < -0.39 is 102 Å². The van der Waals surface area contributed by atoms with Crippen LogP contribution < -0.4 is 28.0 Å². The molecule has 0 aliphatic carbocycles. The second-order valence-corrected chi connectivity index (χ2v) is 21.0. The van der Waals surface area contributed by atoms with Crippen LogP contribution in [-0.4, -0.2) is 90.5 Å². The number of benzene rings is 4. The average Bonchev–Trinajstić information content (AvgIpc) is 3.74. The number of rotatable bonds is 22. The third kappa shape index (κ3) is 12.8. The Morgan fingerprint density at radius 1 is 0.613 bits per heavy atom. The summed E-state index contributed by atoms with van der Waals surface area (Å²) in [6.07, 6.45) is -10.6. The van der Waals surface area contributed by atoms with Crippen molar-refractivity contribution >= 4 is 7.75 Å².